The molecule has 0 amide bonds. The number of rotatable bonds is 2. The van der Waals surface area contributed by atoms with E-state index in [1.807, 2.05) is 0 Å². The first kappa shape index (κ1) is 11.7. The fourth-order valence-electron chi connectivity index (χ4n) is 1.60. The average molecular weight is 194 g/mol. The van der Waals surface area contributed by atoms with Crippen LogP contribution in [-0.2, 0) is 4.79 Å². The largest absolute Gasteiger partial charge is 0.481 e. The van der Waals surface area contributed by atoms with Crippen molar-refractivity contribution in [3.05, 3.63) is 0 Å². The van der Waals surface area contributed by atoms with Crippen molar-refractivity contribution < 1.29 is 9.90 Å². The standard InChI is InChI=1S/C8H15NO2.ClH/c1-6-5-9-3-2-7(6)4-8(10)11;/h6-7,9H,2-5H2,1H3,(H,10,11);1H. The van der Waals surface area contributed by atoms with Crippen molar-refractivity contribution in [2.45, 2.75) is 19.8 Å². The summed E-state index contributed by atoms with van der Waals surface area (Å²) >= 11 is 0. The zero-order chi connectivity index (χ0) is 8.27. The fraction of sp³-hybridized carbons (Fsp3) is 0.875. The van der Waals surface area contributed by atoms with Crippen LogP contribution in [0.1, 0.15) is 19.8 Å². The molecule has 1 aliphatic rings. The van der Waals surface area contributed by atoms with Crippen molar-refractivity contribution in [1.82, 2.24) is 5.32 Å². The van der Waals surface area contributed by atoms with E-state index < -0.39 is 5.97 Å². The Morgan fingerprint density at radius 1 is 1.67 bits per heavy atom. The van der Waals surface area contributed by atoms with E-state index in [0.29, 0.717) is 18.3 Å². The highest BCUT2D eigenvalue weighted by Crippen LogP contribution is 2.21. The van der Waals surface area contributed by atoms with E-state index in [1.165, 1.54) is 0 Å². The van der Waals surface area contributed by atoms with E-state index in [-0.39, 0.29) is 12.4 Å². The molecule has 4 heteroatoms. The van der Waals surface area contributed by atoms with Gasteiger partial charge in [0.25, 0.3) is 0 Å². The molecule has 12 heavy (non-hydrogen) atoms. The van der Waals surface area contributed by atoms with Crippen molar-refractivity contribution in [2.75, 3.05) is 13.1 Å². The number of hydrogen-bond donors (Lipinski definition) is 2. The van der Waals surface area contributed by atoms with Gasteiger partial charge in [0.15, 0.2) is 0 Å². The van der Waals surface area contributed by atoms with E-state index >= 15 is 0 Å². The minimum absolute atomic E-state index is 0. The Kier molecular flexibility index (Phi) is 5.25. The SMILES string of the molecule is CC1CNCCC1CC(=O)O.Cl. The van der Waals surface area contributed by atoms with Crippen molar-refractivity contribution in [1.29, 1.82) is 0 Å². The second kappa shape index (κ2) is 5.38. The summed E-state index contributed by atoms with van der Waals surface area (Å²) in [7, 11) is 0. The number of halogens is 1. The third kappa shape index (κ3) is 3.41. The van der Waals surface area contributed by atoms with Crippen LogP contribution in [-0.4, -0.2) is 24.2 Å². The van der Waals surface area contributed by atoms with Crippen LogP contribution in [0.2, 0.25) is 0 Å². The molecule has 1 fully saturated rings. The second-order valence-electron chi connectivity index (χ2n) is 3.33. The van der Waals surface area contributed by atoms with Gasteiger partial charge < -0.3 is 10.4 Å². The Labute approximate surface area is 78.9 Å². The molecule has 0 aromatic heterocycles. The van der Waals surface area contributed by atoms with Crippen molar-refractivity contribution >= 4 is 18.4 Å². The van der Waals surface area contributed by atoms with Gasteiger partial charge in [-0.1, -0.05) is 6.92 Å². The maximum atomic E-state index is 10.4. The van der Waals surface area contributed by atoms with Crippen LogP contribution in [0.4, 0.5) is 0 Å². The topological polar surface area (TPSA) is 49.3 Å². The van der Waals surface area contributed by atoms with Gasteiger partial charge in [0.05, 0.1) is 0 Å². The van der Waals surface area contributed by atoms with E-state index in [1.54, 1.807) is 0 Å². The first-order valence-corrected chi connectivity index (χ1v) is 4.12. The first-order chi connectivity index (χ1) is 5.20. The summed E-state index contributed by atoms with van der Waals surface area (Å²) in [6.07, 6.45) is 1.34. The van der Waals surface area contributed by atoms with Crippen LogP contribution >= 0.6 is 12.4 Å². The zero-order valence-electron chi connectivity index (χ0n) is 7.25. The maximum Gasteiger partial charge on any atom is 0.303 e. The van der Waals surface area contributed by atoms with Gasteiger partial charge in [-0.05, 0) is 31.3 Å². The van der Waals surface area contributed by atoms with Gasteiger partial charge >= 0.3 is 5.97 Å². The van der Waals surface area contributed by atoms with Gasteiger partial charge in [-0.3, -0.25) is 4.79 Å². The van der Waals surface area contributed by atoms with Gasteiger partial charge in [0.1, 0.15) is 0 Å². The van der Waals surface area contributed by atoms with Crippen LogP contribution in [0.15, 0.2) is 0 Å². The normalized spacial score (nSPS) is 29.1. The van der Waals surface area contributed by atoms with Crippen LogP contribution in [0.3, 0.4) is 0 Å². The molecule has 0 aromatic carbocycles. The molecule has 1 rings (SSSR count). The van der Waals surface area contributed by atoms with Gasteiger partial charge in [-0.2, -0.15) is 0 Å². The zero-order valence-corrected chi connectivity index (χ0v) is 8.06. The van der Waals surface area contributed by atoms with Gasteiger partial charge in [-0.15, -0.1) is 12.4 Å². The highest BCUT2D eigenvalue weighted by atomic mass is 35.5. The molecule has 2 unspecified atom stereocenters. The molecule has 3 nitrogen and oxygen atoms in total. The Morgan fingerprint density at radius 2 is 2.33 bits per heavy atom. The quantitative estimate of drug-likeness (QED) is 0.691. The van der Waals surface area contributed by atoms with Crippen LogP contribution < -0.4 is 5.32 Å². The molecule has 0 radical (unpaired) electrons. The maximum absolute atomic E-state index is 10.4. The Hall–Kier alpha value is -0.280. The smallest absolute Gasteiger partial charge is 0.303 e. The lowest BCUT2D eigenvalue weighted by Crippen LogP contribution is -2.35. The molecule has 1 saturated heterocycles. The molecular formula is C8H16ClNO2. The Morgan fingerprint density at radius 3 is 2.83 bits per heavy atom. The lowest BCUT2D eigenvalue weighted by Gasteiger charge is -2.28. The average Bonchev–Trinajstić information content (AvgIpc) is 1.93. The number of nitrogens with one attached hydrogen (secondary N) is 1. The van der Waals surface area contributed by atoms with Gasteiger partial charge in [0.2, 0.25) is 0 Å². The minimum atomic E-state index is -0.663. The van der Waals surface area contributed by atoms with E-state index in [9.17, 15) is 4.79 Å². The number of aliphatic carboxylic acids is 1. The Bertz CT molecular complexity index is 152. The number of piperidine rings is 1. The predicted octanol–water partition coefficient (Wildman–Crippen LogP) is 1.13. The molecular weight excluding hydrogens is 178 g/mol. The molecule has 1 aliphatic heterocycles. The summed E-state index contributed by atoms with van der Waals surface area (Å²) in [5.41, 5.74) is 0. The van der Waals surface area contributed by atoms with Crippen molar-refractivity contribution in [2.24, 2.45) is 11.8 Å². The van der Waals surface area contributed by atoms with Crippen LogP contribution in [0.5, 0.6) is 0 Å². The molecule has 0 spiro atoms. The molecule has 1 heterocycles. The minimum Gasteiger partial charge on any atom is -0.481 e. The van der Waals surface area contributed by atoms with E-state index in [0.717, 1.165) is 19.5 Å². The molecule has 0 aromatic rings. The third-order valence-electron chi connectivity index (χ3n) is 2.40. The summed E-state index contributed by atoms with van der Waals surface area (Å²) < 4.78 is 0. The molecule has 0 saturated carbocycles. The van der Waals surface area contributed by atoms with Gasteiger partial charge in [-0.25, -0.2) is 0 Å². The summed E-state index contributed by atoms with van der Waals surface area (Å²) in [5.74, 6) is 0.234. The van der Waals surface area contributed by atoms with Crippen LogP contribution in [0, 0.1) is 11.8 Å². The van der Waals surface area contributed by atoms with Gasteiger partial charge in [0, 0.05) is 6.42 Å². The summed E-state index contributed by atoms with van der Waals surface area (Å²) in [6, 6.07) is 0. The summed E-state index contributed by atoms with van der Waals surface area (Å²) in [4.78, 5) is 10.4. The molecule has 72 valence electrons. The molecule has 0 aliphatic carbocycles. The molecule has 2 atom stereocenters. The number of carboxylic acids is 1. The second-order valence-corrected chi connectivity index (χ2v) is 3.33. The van der Waals surface area contributed by atoms with Crippen LogP contribution in [0.25, 0.3) is 0 Å². The Balaban J connectivity index is 0.00000121. The van der Waals surface area contributed by atoms with Crippen molar-refractivity contribution in [3.8, 4) is 0 Å². The van der Waals surface area contributed by atoms with Crippen molar-refractivity contribution in [3.63, 3.8) is 0 Å². The summed E-state index contributed by atoms with van der Waals surface area (Å²) in [6.45, 7) is 4.06. The van der Waals surface area contributed by atoms with E-state index in [2.05, 4.69) is 12.2 Å². The highest BCUT2D eigenvalue weighted by Gasteiger charge is 2.22. The molecule has 2 N–H and O–H groups in total. The number of carbonyl (C=O) groups is 1. The lowest BCUT2D eigenvalue weighted by atomic mass is 9.85. The lowest BCUT2D eigenvalue weighted by molar-refractivity contribution is -0.138. The molecule has 0 bridgehead atoms. The summed E-state index contributed by atoms with van der Waals surface area (Å²) in [5, 5.41) is 11.8. The number of carboxylic acid groups (broad SMARTS) is 1. The first-order valence-electron chi connectivity index (χ1n) is 4.12. The highest BCUT2D eigenvalue weighted by molar-refractivity contribution is 5.85. The van der Waals surface area contributed by atoms with E-state index in [4.69, 9.17) is 5.11 Å². The third-order valence-corrected chi connectivity index (χ3v) is 2.40. The predicted molar refractivity (Wildman–Crippen MR) is 49.6 cm³/mol. The number of hydrogen-bond acceptors (Lipinski definition) is 2. The monoisotopic (exact) mass is 193 g/mol. The fourth-order valence-corrected chi connectivity index (χ4v) is 1.60.